The first-order valence-corrected chi connectivity index (χ1v) is 8.84. The molecule has 118 valence electrons. The van der Waals surface area contributed by atoms with Crippen LogP contribution in [0.3, 0.4) is 0 Å². The smallest absolute Gasteiger partial charge is 0.243 e. The molecule has 5 nitrogen and oxygen atoms in total. The van der Waals surface area contributed by atoms with E-state index in [1.807, 2.05) is 6.92 Å². The van der Waals surface area contributed by atoms with Gasteiger partial charge in [-0.25, -0.2) is 8.42 Å². The first-order chi connectivity index (χ1) is 10.0. The number of ether oxygens (including phenoxy) is 1. The standard InChI is InChI=1S/C15H24N2O3S/c1-3-8-17(11-12-4-5-12)21(18,19)14-6-7-15(20-2)13(9-14)10-16/h6-7,9,12H,3-5,8,10-11,16H2,1-2H3. The number of benzene rings is 1. The van der Waals surface area contributed by atoms with Crippen molar-refractivity contribution in [2.24, 2.45) is 11.7 Å². The maximum absolute atomic E-state index is 12.8. The molecule has 0 bridgehead atoms. The number of hydrogen-bond acceptors (Lipinski definition) is 4. The van der Waals surface area contributed by atoms with E-state index >= 15 is 0 Å². The summed E-state index contributed by atoms with van der Waals surface area (Å²) in [6.07, 6.45) is 3.07. The highest BCUT2D eigenvalue weighted by Gasteiger charge is 2.31. The van der Waals surface area contributed by atoms with Gasteiger partial charge < -0.3 is 10.5 Å². The van der Waals surface area contributed by atoms with Crippen LogP contribution >= 0.6 is 0 Å². The molecule has 0 heterocycles. The van der Waals surface area contributed by atoms with E-state index in [0.717, 1.165) is 19.3 Å². The molecule has 0 saturated heterocycles. The van der Waals surface area contributed by atoms with Gasteiger partial charge in [0, 0.05) is 25.2 Å². The topological polar surface area (TPSA) is 72.6 Å². The third kappa shape index (κ3) is 3.75. The minimum absolute atomic E-state index is 0.253. The highest BCUT2D eigenvalue weighted by Crippen LogP contribution is 2.32. The van der Waals surface area contributed by atoms with Crippen LogP contribution in [0.4, 0.5) is 0 Å². The fourth-order valence-corrected chi connectivity index (χ4v) is 4.03. The van der Waals surface area contributed by atoms with Crippen LogP contribution < -0.4 is 10.5 Å². The summed E-state index contributed by atoms with van der Waals surface area (Å²) in [5.74, 6) is 1.15. The quantitative estimate of drug-likeness (QED) is 0.796. The van der Waals surface area contributed by atoms with Gasteiger partial charge in [-0.05, 0) is 43.4 Å². The molecular weight excluding hydrogens is 288 g/mol. The zero-order chi connectivity index (χ0) is 15.5. The summed E-state index contributed by atoms with van der Waals surface area (Å²) >= 11 is 0. The Bertz CT molecular complexity index is 583. The molecule has 1 aromatic carbocycles. The molecule has 1 aliphatic carbocycles. The SMILES string of the molecule is CCCN(CC1CC1)S(=O)(=O)c1ccc(OC)c(CN)c1. The van der Waals surface area contributed by atoms with E-state index in [2.05, 4.69) is 0 Å². The van der Waals surface area contributed by atoms with E-state index < -0.39 is 10.0 Å². The number of nitrogens with two attached hydrogens (primary N) is 1. The van der Waals surface area contributed by atoms with Crippen LogP contribution in [-0.2, 0) is 16.6 Å². The van der Waals surface area contributed by atoms with Crippen LogP contribution in [0.15, 0.2) is 23.1 Å². The Labute approximate surface area is 127 Å². The molecule has 6 heteroatoms. The van der Waals surface area contributed by atoms with Crippen LogP contribution in [-0.4, -0.2) is 32.9 Å². The second kappa shape index (κ2) is 6.77. The summed E-state index contributed by atoms with van der Waals surface area (Å²) in [5, 5.41) is 0. The fourth-order valence-electron chi connectivity index (χ4n) is 2.37. The van der Waals surface area contributed by atoms with Crippen LogP contribution in [0.25, 0.3) is 0 Å². The third-order valence-corrected chi connectivity index (χ3v) is 5.60. The van der Waals surface area contributed by atoms with Crippen molar-refractivity contribution in [3.63, 3.8) is 0 Å². The molecule has 0 aromatic heterocycles. The maximum Gasteiger partial charge on any atom is 0.243 e. The van der Waals surface area contributed by atoms with Crippen LogP contribution in [0.1, 0.15) is 31.7 Å². The zero-order valence-corrected chi connectivity index (χ0v) is 13.5. The Morgan fingerprint density at radius 1 is 1.38 bits per heavy atom. The predicted octanol–water partition coefficient (Wildman–Crippen LogP) is 1.96. The summed E-state index contributed by atoms with van der Waals surface area (Å²) in [4.78, 5) is 0.304. The van der Waals surface area contributed by atoms with Crippen molar-refractivity contribution < 1.29 is 13.2 Å². The van der Waals surface area contributed by atoms with Gasteiger partial charge in [0.25, 0.3) is 0 Å². The average Bonchev–Trinajstić information content (AvgIpc) is 3.30. The molecule has 0 spiro atoms. The van der Waals surface area contributed by atoms with Gasteiger partial charge in [-0.1, -0.05) is 6.92 Å². The predicted molar refractivity (Wildman–Crippen MR) is 82.7 cm³/mol. The Morgan fingerprint density at radius 2 is 2.10 bits per heavy atom. The number of rotatable bonds is 8. The number of nitrogens with zero attached hydrogens (tertiary/aromatic N) is 1. The lowest BCUT2D eigenvalue weighted by molar-refractivity contribution is 0.394. The minimum Gasteiger partial charge on any atom is -0.496 e. The molecule has 0 atom stereocenters. The molecule has 1 aliphatic rings. The van der Waals surface area contributed by atoms with Crippen molar-refractivity contribution >= 4 is 10.0 Å². The maximum atomic E-state index is 12.8. The van der Waals surface area contributed by atoms with Gasteiger partial charge in [-0.15, -0.1) is 0 Å². The molecule has 0 radical (unpaired) electrons. The van der Waals surface area contributed by atoms with Gasteiger partial charge in [-0.3, -0.25) is 0 Å². The average molecular weight is 312 g/mol. The summed E-state index contributed by atoms with van der Waals surface area (Å²) in [6, 6.07) is 4.91. The molecule has 1 aromatic rings. The van der Waals surface area contributed by atoms with Crippen molar-refractivity contribution in [2.45, 2.75) is 37.6 Å². The molecule has 1 saturated carbocycles. The first-order valence-electron chi connectivity index (χ1n) is 7.40. The van der Waals surface area contributed by atoms with Gasteiger partial charge in [0.15, 0.2) is 0 Å². The molecule has 0 unspecified atom stereocenters. The fraction of sp³-hybridized carbons (Fsp3) is 0.600. The van der Waals surface area contributed by atoms with Gasteiger partial charge in [0.1, 0.15) is 5.75 Å². The summed E-state index contributed by atoms with van der Waals surface area (Å²) < 4.78 is 32.4. The molecule has 2 N–H and O–H groups in total. The van der Waals surface area contributed by atoms with E-state index in [1.54, 1.807) is 29.6 Å². The molecule has 0 amide bonds. The van der Waals surface area contributed by atoms with Crippen LogP contribution in [0.5, 0.6) is 5.75 Å². The lowest BCUT2D eigenvalue weighted by atomic mass is 10.2. The normalized spacial score (nSPS) is 15.4. The molecule has 1 fully saturated rings. The Hall–Kier alpha value is -1.11. The third-order valence-electron chi connectivity index (χ3n) is 3.74. The van der Waals surface area contributed by atoms with Crippen LogP contribution in [0.2, 0.25) is 0 Å². The Kier molecular flexibility index (Phi) is 5.24. The summed E-state index contributed by atoms with van der Waals surface area (Å²) in [7, 11) is -1.90. The second-order valence-corrected chi connectivity index (χ2v) is 7.42. The summed E-state index contributed by atoms with van der Waals surface area (Å²) in [6.45, 7) is 3.43. The van der Waals surface area contributed by atoms with Crippen molar-refractivity contribution in [3.05, 3.63) is 23.8 Å². The second-order valence-electron chi connectivity index (χ2n) is 5.48. The van der Waals surface area contributed by atoms with E-state index in [-0.39, 0.29) is 6.54 Å². The Morgan fingerprint density at radius 3 is 2.62 bits per heavy atom. The highest BCUT2D eigenvalue weighted by atomic mass is 32.2. The van der Waals surface area contributed by atoms with Gasteiger partial charge in [0.05, 0.1) is 12.0 Å². The van der Waals surface area contributed by atoms with Crippen molar-refractivity contribution in [1.82, 2.24) is 4.31 Å². The number of hydrogen-bond donors (Lipinski definition) is 1. The van der Waals surface area contributed by atoms with Crippen LogP contribution in [0, 0.1) is 5.92 Å². The van der Waals surface area contributed by atoms with Crippen molar-refractivity contribution in [1.29, 1.82) is 0 Å². The van der Waals surface area contributed by atoms with Crippen molar-refractivity contribution in [3.8, 4) is 5.75 Å². The highest BCUT2D eigenvalue weighted by molar-refractivity contribution is 7.89. The zero-order valence-electron chi connectivity index (χ0n) is 12.7. The van der Waals surface area contributed by atoms with Gasteiger partial charge in [-0.2, -0.15) is 4.31 Å². The molecule has 2 rings (SSSR count). The Balaban J connectivity index is 2.31. The van der Waals surface area contributed by atoms with Gasteiger partial charge >= 0.3 is 0 Å². The van der Waals surface area contributed by atoms with Crippen molar-refractivity contribution in [2.75, 3.05) is 20.2 Å². The molecule has 21 heavy (non-hydrogen) atoms. The van der Waals surface area contributed by atoms with E-state index in [9.17, 15) is 8.42 Å². The monoisotopic (exact) mass is 312 g/mol. The van der Waals surface area contributed by atoms with E-state index in [4.69, 9.17) is 10.5 Å². The number of sulfonamides is 1. The van der Waals surface area contributed by atoms with Gasteiger partial charge in [0.2, 0.25) is 10.0 Å². The minimum atomic E-state index is -3.45. The number of methoxy groups -OCH3 is 1. The lowest BCUT2D eigenvalue weighted by Gasteiger charge is -2.22. The largest absolute Gasteiger partial charge is 0.496 e. The summed E-state index contributed by atoms with van der Waals surface area (Å²) in [5.41, 5.74) is 6.39. The van der Waals surface area contributed by atoms with E-state index in [0.29, 0.717) is 35.2 Å². The first kappa shape index (κ1) is 16.3. The molecular formula is C15H24N2O3S. The lowest BCUT2D eigenvalue weighted by Crippen LogP contribution is -2.33. The molecule has 0 aliphatic heterocycles. The van der Waals surface area contributed by atoms with E-state index in [1.165, 1.54) is 0 Å².